The first-order valence-corrected chi connectivity index (χ1v) is 7.24. The van der Waals surface area contributed by atoms with Gasteiger partial charge in [0.15, 0.2) is 5.69 Å². The van der Waals surface area contributed by atoms with Crippen molar-refractivity contribution in [2.75, 3.05) is 5.32 Å². The van der Waals surface area contributed by atoms with Crippen molar-refractivity contribution < 1.29 is 4.79 Å². The molecule has 1 heterocycles. The van der Waals surface area contributed by atoms with Crippen LogP contribution < -0.4 is 11.1 Å². The van der Waals surface area contributed by atoms with E-state index in [4.69, 9.17) is 5.73 Å². The molecule has 4 N–H and O–H groups in total. The molecule has 1 amide bonds. The van der Waals surface area contributed by atoms with Gasteiger partial charge < -0.3 is 11.1 Å². The number of carbonyl (C=O) groups excluding carboxylic acids is 1. The molecule has 4 aromatic rings. The number of aromatic amines is 1. The Morgan fingerprint density at radius 3 is 2.52 bits per heavy atom. The molecule has 23 heavy (non-hydrogen) atoms. The third-order valence-corrected chi connectivity index (χ3v) is 3.83. The van der Waals surface area contributed by atoms with Gasteiger partial charge >= 0.3 is 0 Å². The Balaban J connectivity index is 1.73. The van der Waals surface area contributed by atoms with Crippen molar-refractivity contribution in [3.63, 3.8) is 0 Å². The van der Waals surface area contributed by atoms with E-state index in [2.05, 4.69) is 39.8 Å². The van der Waals surface area contributed by atoms with Crippen LogP contribution >= 0.6 is 0 Å². The minimum atomic E-state index is -0.542. The Morgan fingerprint density at radius 1 is 0.957 bits per heavy atom. The molecule has 4 rings (SSSR count). The summed E-state index contributed by atoms with van der Waals surface area (Å²) in [6.45, 7) is 0. The van der Waals surface area contributed by atoms with E-state index in [-0.39, 0.29) is 5.69 Å². The Labute approximate surface area is 132 Å². The second-order valence-electron chi connectivity index (χ2n) is 5.38. The zero-order chi connectivity index (χ0) is 15.8. The molecule has 5 nitrogen and oxygen atoms in total. The number of carbonyl (C=O) groups is 1. The van der Waals surface area contributed by atoms with Gasteiger partial charge in [0.25, 0.3) is 5.91 Å². The molecule has 0 saturated heterocycles. The largest absolute Gasteiger partial charge is 0.364 e. The number of benzene rings is 3. The Hall–Kier alpha value is -3.34. The SMILES string of the molecule is NC(=O)c1n[nH]c2ccc(Nc3ccc4ccccc4c3)cc12. The van der Waals surface area contributed by atoms with Gasteiger partial charge in [0.2, 0.25) is 0 Å². The van der Waals surface area contributed by atoms with Crippen molar-refractivity contribution in [2.45, 2.75) is 0 Å². The zero-order valence-electron chi connectivity index (χ0n) is 12.2. The highest BCUT2D eigenvalue weighted by Gasteiger charge is 2.11. The summed E-state index contributed by atoms with van der Waals surface area (Å²) in [5.74, 6) is -0.542. The van der Waals surface area contributed by atoms with E-state index in [0.717, 1.165) is 16.9 Å². The monoisotopic (exact) mass is 302 g/mol. The fourth-order valence-electron chi connectivity index (χ4n) is 2.71. The van der Waals surface area contributed by atoms with Gasteiger partial charge in [-0.3, -0.25) is 9.89 Å². The van der Waals surface area contributed by atoms with Crippen molar-refractivity contribution in [2.24, 2.45) is 5.73 Å². The van der Waals surface area contributed by atoms with Gasteiger partial charge in [0.1, 0.15) is 0 Å². The normalized spacial score (nSPS) is 11.0. The molecular formula is C18H14N4O. The summed E-state index contributed by atoms with van der Waals surface area (Å²) in [7, 11) is 0. The van der Waals surface area contributed by atoms with E-state index < -0.39 is 5.91 Å². The van der Waals surface area contributed by atoms with Crippen LogP contribution in [0, 0.1) is 0 Å². The number of amides is 1. The fourth-order valence-corrected chi connectivity index (χ4v) is 2.71. The molecule has 0 unspecified atom stereocenters. The molecule has 5 heteroatoms. The van der Waals surface area contributed by atoms with Gasteiger partial charge in [0.05, 0.1) is 5.52 Å². The lowest BCUT2D eigenvalue weighted by Gasteiger charge is -2.08. The summed E-state index contributed by atoms with van der Waals surface area (Å²) in [6, 6.07) is 20.0. The van der Waals surface area contributed by atoms with Crippen LogP contribution in [0.3, 0.4) is 0 Å². The molecule has 0 atom stereocenters. The number of nitrogens with one attached hydrogen (secondary N) is 2. The van der Waals surface area contributed by atoms with Crippen LogP contribution in [-0.4, -0.2) is 16.1 Å². The quantitative estimate of drug-likeness (QED) is 0.541. The lowest BCUT2D eigenvalue weighted by molar-refractivity contribution is 0.0997. The first-order chi connectivity index (χ1) is 11.2. The number of primary amides is 1. The smallest absolute Gasteiger partial charge is 0.269 e. The first kappa shape index (κ1) is 13.3. The predicted octanol–water partition coefficient (Wildman–Crippen LogP) is 3.56. The summed E-state index contributed by atoms with van der Waals surface area (Å²) < 4.78 is 0. The van der Waals surface area contributed by atoms with Crippen LogP contribution in [0.4, 0.5) is 11.4 Å². The summed E-state index contributed by atoms with van der Waals surface area (Å²) in [4.78, 5) is 11.4. The molecule has 0 aliphatic rings. The van der Waals surface area contributed by atoms with Crippen LogP contribution in [-0.2, 0) is 0 Å². The van der Waals surface area contributed by atoms with Crippen LogP contribution in [0.5, 0.6) is 0 Å². The van der Waals surface area contributed by atoms with Crippen molar-refractivity contribution in [1.29, 1.82) is 0 Å². The van der Waals surface area contributed by atoms with Gasteiger partial charge in [-0.25, -0.2) is 0 Å². The summed E-state index contributed by atoms with van der Waals surface area (Å²) in [5, 5.41) is 13.2. The van der Waals surface area contributed by atoms with Crippen LogP contribution in [0.1, 0.15) is 10.5 Å². The Bertz CT molecular complexity index is 1040. The Kier molecular flexibility index (Phi) is 2.98. The molecule has 0 aliphatic carbocycles. The maximum atomic E-state index is 11.4. The van der Waals surface area contributed by atoms with Gasteiger partial charge in [0, 0.05) is 16.8 Å². The zero-order valence-corrected chi connectivity index (χ0v) is 12.2. The minimum Gasteiger partial charge on any atom is -0.364 e. The molecule has 3 aromatic carbocycles. The molecular weight excluding hydrogens is 288 g/mol. The van der Waals surface area contributed by atoms with Crippen molar-refractivity contribution in [3.05, 3.63) is 66.4 Å². The van der Waals surface area contributed by atoms with Gasteiger partial charge in [-0.1, -0.05) is 30.3 Å². The number of nitrogens with two attached hydrogens (primary N) is 1. The molecule has 0 aliphatic heterocycles. The number of aromatic nitrogens is 2. The number of rotatable bonds is 3. The third kappa shape index (κ3) is 2.38. The molecule has 0 spiro atoms. The maximum Gasteiger partial charge on any atom is 0.269 e. The van der Waals surface area contributed by atoms with E-state index in [9.17, 15) is 4.79 Å². The number of nitrogens with zero attached hydrogens (tertiary/aromatic N) is 1. The Morgan fingerprint density at radius 2 is 1.70 bits per heavy atom. The number of hydrogen-bond donors (Lipinski definition) is 3. The third-order valence-electron chi connectivity index (χ3n) is 3.83. The lowest BCUT2D eigenvalue weighted by Crippen LogP contribution is -2.11. The summed E-state index contributed by atoms with van der Waals surface area (Å²) >= 11 is 0. The number of anilines is 2. The number of H-pyrrole nitrogens is 1. The fraction of sp³-hybridized carbons (Fsp3) is 0. The average Bonchev–Trinajstić information content (AvgIpc) is 2.98. The molecule has 0 saturated carbocycles. The average molecular weight is 302 g/mol. The second kappa shape index (κ2) is 5.14. The number of hydrogen-bond acceptors (Lipinski definition) is 3. The van der Waals surface area contributed by atoms with Gasteiger partial charge in [-0.05, 0) is 41.1 Å². The van der Waals surface area contributed by atoms with Crippen molar-refractivity contribution >= 4 is 39.0 Å². The van der Waals surface area contributed by atoms with E-state index >= 15 is 0 Å². The van der Waals surface area contributed by atoms with Crippen LogP contribution in [0.2, 0.25) is 0 Å². The molecule has 112 valence electrons. The standard InChI is InChI=1S/C18H14N4O/c19-18(23)17-15-10-14(7-8-16(15)21-22-17)20-13-6-5-11-3-1-2-4-12(11)9-13/h1-10,20H,(H2,19,23)(H,21,22). The second-order valence-corrected chi connectivity index (χ2v) is 5.38. The van der Waals surface area contributed by atoms with Crippen LogP contribution in [0.25, 0.3) is 21.7 Å². The van der Waals surface area contributed by atoms with Gasteiger partial charge in [-0.2, -0.15) is 5.10 Å². The van der Waals surface area contributed by atoms with E-state index in [1.165, 1.54) is 10.8 Å². The predicted molar refractivity (Wildman–Crippen MR) is 91.8 cm³/mol. The van der Waals surface area contributed by atoms with E-state index in [1.54, 1.807) is 0 Å². The minimum absolute atomic E-state index is 0.252. The van der Waals surface area contributed by atoms with Crippen LogP contribution in [0.15, 0.2) is 60.7 Å². The highest BCUT2D eigenvalue weighted by molar-refractivity contribution is 6.04. The number of fused-ring (bicyclic) bond motifs is 2. The first-order valence-electron chi connectivity index (χ1n) is 7.24. The molecule has 0 fully saturated rings. The highest BCUT2D eigenvalue weighted by atomic mass is 16.1. The summed E-state index contributed by atoms with van der Waals surface area (Å²) in [5.41, 5.74) is 8.23. The summed E-state index contributed by atoms with van der Waals surface area (Å²) in [6.07, 6.45) is 0. The lowest BCUT2D eigenvalue weighted by atomic mass is 10.1. The topological polar surface area (TPSA) is 83.8 Å². The molecule has 1 aromatic heterocycles. The molecule has 0 bridgehead atoms. The van der Waals surface area contributed by atoms with Gasteiger partial charge in [-0.15, -0.1) is 0 Å². The van der Waals surface area contributed by atoms with E-state index in [1.807, 2.05) is 36.4 Å². The molecule has 0 radical (unpaired) electrons. The van der Waals surface area contributed by atoms with Crippen molar-refractivity contribution in [3.8, 4) is 0 Å². The van der Waals surface area contributed by atoms with E-state index in [0.29, 0.717) is 5.39 Å². The van der Waals surface area contributed by atoms with Crippen molar-refractivity contribution in [1.82, 2.24) is 10.2 Å². The maximum absolute atomic E-state index is 11.4. The highest BCUT2D eigenvalue weighted by Crippen LogP contribution is 2.25.